The number of H-pyrrole nitrogens is 1. The van der Waals surface area contributed by atoms with Crippen molar-refractivity contribution in [2.75, 3.05) is 6.54 Å². The van der Waals surface area contributed by atoms with Crippen LogP contribution in [0.5, 0.6) is 11.5 Å². The van der Waals surface area contributed by atoms with Crippen molar-refractivity contribution in [1.29, 1.82) is 5.41 Å². The van der Waals surface area contributed by atoms with Gasteiger partial charge < -0.3 is 31.4 Å². The van der Waals surface area contributed by atoms with Gasteiger partial charge in [-0.05, 0) is 64.6 Å². The molecule has 1 atom stereocenters. The van der Waals surface area contributed by atoms with Crippen LogP contribution in [0.15, 0.2) is 103 Å². The third kappa shape index (κ3) is 8.08. The fraction of sp³-hybridized carbons (Fsp3) is 0.211. The summed E-state index contributed by atoms with van der Waals surface area (Å²) < 4.78 is 6.19. The number of amides is 3. The summed E-state index contributed by atoms with van der Waals surface area (Å²) in [6.07, 6.45) is 1.98. The molecular weight excluding hydrogens is 604 g/mol. The average molecular weight is 645 g/mol. The van der Waals surface area contributed by atoms with E-state index < -0.39 is 23.8 Å². The van der Waals surface area contributed by atoms with Gasteiger partial charge in [0.1, 0.15) is 23.4 Å². The van der Waals surface area contributed by atoms with Gasteiger partial charge in [0, 0.05) is 41.2 Å². The minimum Gasteiger partial charge on any atom is -0.457 e. The lowest BCUT2D eigenvalue weighted by atomic mass is 9.87. The Balaban J connectivity index is 1.51. The number of rotatable bonds is 12. The molecule has 7 N–H and O–H groups in total. The van der Waals surface area contributed by atoms with E-state index in [0.29, 0.717) is 22.6 Å². The summed E-state index contributed by atoms with van der Waals surface area (Å²) >= 11 is 0. The van der Waals surface area contributed by atoms with Crippen LogP contribution in [0.3, 0.4) is 0 Å². The Morgan fingerprint density at radius 3 is 2.23 bits per heavy atom. The topological polar surface area (TPSA) is 167 Å². The number of nitrogens with two attached hydrogens (primary N) is 2. The van der Waals surface area contributed by atoms with Gasteiger partial charge in [0.15, 0.2) is 0 Å². The maximum atomic E-state index is 14.3. The molecule has 0 saturated carbocycles. The Hall–Kier alpha value is -5.90. The number of hydrogen-bond donors (Lipinski definition) is 5. The second-order valence-corrected chi connectivity index (χ2v) is 12.7. The van der Waals surface area contributed by atoms with Crippen molar-refractivity contribution in [3.63, 3.8) is 0 Å². The first kappa shape index (κ1) is 33.5. The predicted molar refractivity (Wildman–Crippen MR) is 187 cm³/mol. The van der Waals surface area contributed by atoms with Crippen LogP contribution in [0.2, 0.25) is 0 Å². The van der Waals surface area contributed by atoms with Gasteiger partial charge in [-0.2, -0.15) is 0 Å². The number of aromatic nitrogens is 1. The maximum absolute atomic E-state index is 14.3. The lowest BCUT2D eigenvalue weighted by Crippen LogP contribution is -2.51. The molecule has 5 rings (SSSR count). The summed E-state index contributed by atoms with van der Waals surface area (Å²) in [4.78, 5) is 44.5. The second-order valence-electron chi connectivity index (χ2n) is 12.7. The molecule has 5 aromatic rings. The molecule has 0 fully saturated rings. The number of primary amides is 1. The van der Waals surface area contributed by atoms with Gasteiger partial charge >= 0.3 is 0 Å². The number of benzene rings is 4. The van der Waals surface area contributed by atoms with Crippen LogP contribution >= 0.6 is 0 Å². The number of fused-ring (bicyclic) bond motifs is 1. The lowest BCUT2D eigenvalue weighted by molar-refractivity contribution is -0.128. The number of carbonyl (C=O) groups excluding carboxylic acids is 3. The number of para-hydroxylation sites is 1. The third-order valence-corrected chi connectivity index (χ3v) is 8.12. The number of ether oxygens (including phenoxy) is 1. The molecule has 0 aliphatic rings. The highest BCUT2D eigenvalue weighted by atomic mass is 16.5. The number of hydrogen-bond acceptors (Lipinski definition) is 5. The van der Waals surface area contributed by atoms with Crippen molar-refractivity contribution in [3.05, 3.63) is 131 Å². The normalized spacial score (nSPS) is 11.9. The zero-order valence-electron chi connectivity index (χ0n) is 27.2. The highest BCUT2D eigenvalue weighted by molar-refractivity contribution is 6.00. The fourth-order valence-electron chi connectivity index (χ4n) is 5.49. The Labute approximate surface area is 279 Å². The largest absolute Gasteiger partial charge is 0.457 e. The van der Waals surface area contributed by atoms with Gasteiger partial charge in [0.2, 0.25) is 11.8 Å². The zero-order valence-corrected chi connectivity index (χ0v) is 27.2. The maximum Gasteiger partial charge on any atom is 0.254 e. The van der Waals surface area contributed by atoms with Crippen molar-refractivity contribution < 1.29 is 19.1 Å². The van der Waals surface area contributed by atoms with E-state index in [0.717, 1.165) is 22.0 Å². The molecule has 3 amide bonds. The van der Waals surface area contributed by atoms with E-state index in [4.69, 9.17) is 21.6 Å². The van der Waals surface area contributed by atoms with Gasteiger partial charge in [-0.3, -0.25) is 19.8 Å². The van der Waals surface area contributed by atoms with Crippen molar-refractivity contribution in [2.24, 2.45) is 11.5 Å². The Morgan fingerprint density at radius 1 is 0.875 bits per heavy atom. The van der Waals surface area contributed by atoms with E-state index in [1.807, 2.05) is 79.0 Å². The van der Waals surface area contributed by atoms with Crippen LogP contribution in [0.1, 0.15) is 53.4 Å². The van der Waals surface area contributed by atoms with Crippen LogP contribution in [0.25, 0.3) is 10.9 Å². The monoisotopic (exact) mass is 644 g/mol. The van der Waals surface area contributed by atoms with Crippen molar-refractivity contribution in [3.8, 4) is 11.5 Å². The summed E-state index contributed by atoms with van der Waals surface area (Å²) in [7, 11) is 0. The first-order valence-corrected chi connectivity index (χ1v) is 15.6. The standard InChI is InChI=1S/C38H40N6O4/c1-38(2,3)28-15-17-29(18-16-28)48-30-8-6-7-24(19-30)23-44(37(47)26-13-11-25(12-14-26)35(40)41)33(36(46)43-22-34(39)45)20-27-21-42-32-10-5-4-9-31(27)32/h4-19,21,33,42H,20,22-23H2,1-3H3,(H2,39,45)(H3,40,41)(H,43,46). The highest BCUT2D eigenvalue weighted by Crippen LogP contribution is 2.29. The summed E-state index contributed by atoms with van der Waals surface area (Å²) in [5, 5.41) is 11.3. The Bertz CT molecular complexity index is 1940. The molecule has 0 aliphatic carbocycles. The Kier molecular flexibility index (Phi) is 9.93. The molecule has 0 saturated heterocycles. The number of nitrogen functional groups attached to an aromatic ring is 1. The number of aromatic amines is 1. The SMILES string of the molecule is CC(C)(C)c1ccc(Oc2cccc(CN(C(=O)c3ccc(C(=N)N)cc3)C(Cc3c[nH]c4ccccc34)C(=O)NCC(N)=O)c2)cc1. The van der Waals surface area contributed by atoms with Crippen LogP contribution in [0, 0.1) is 5.41 Å². The van der Waals surface area contributed by atoms with Crippen molar-refractivity contribution >= 4 is 34.5 Å². The summed E-state index contributed by atoms with van der Waals surface area (Å²) in [5.74, 6) is -0.541. The second kappa shape index (κ2) is 14.3. The van der Waals surface area contributed by atoms with E-state index in [1.165, 1.54) is 10.5 Å². The van der Waals surface area contributed by atoms with Gasteiger partial charge in [0.25, 0.3) is 5.91 Å². The number of nitrogens with one attached hydrogen (secondary N) is 3. The molecular formula is C38H40N6O4. The van der Waals surface area contributed by atoms with E-state index >= 15 is 0 Å². The van der Waals surface area contributed by atoms with Gasteiger partial charge in [-0.25, -0.2) is 0 Å². The molecule has 0 aliphatic heterocycles. The smallest absolute Gasteiger partial charge is 0.254 e. The molecule has 0 spiro atoms. The molecule has 0 bridgehead atoms. The molecule has 0 radical (unpaired) electrons. The first-order chi connectivity index (χ1) is 22.9. The van der Waals surface area contributed by atoms with E-state index in [1.54, 1.807) is 24.3 Å². The van der Waals surface area contributed by atoms with Crippen molar-refractivity contribution in [2.45, 2.75) is 45.2 Å². The number of nitrogens with zero attached hydrogens (tertiary/aromatic N) is 1. The third-order valence-electron chi connectivity index (χ3n) is 8.12. The van der Waals surface area contributed by atoms with E-state index in [2.05, 4.69) is 31.1 Å². The fourth-order valence-corrected chi connectivity index (χ4v) is 5.49. The van der Waals surface area contributed by atoms with Crippen molar-refractivity contribution in [1.82, 2.24) is 15.2 Å². The molecule has 1 heterocycles. The summed E-state index contributed by atoms with van der Waals surface area (Å²) in [5.41, 5.74) is 15.4. The molecule has 10 nitrogen and oxygen atoms in total. The predicted octanol–water partition coefficient (Wildman–Crippen LogP) is 5.40. The minimum atomic E-state index is -1.03. The van der Waals surface area contributed by atoms with Gasteiger partial charge in [-0.1, -0.05) is 75.4 Å². The van der Waals surface area contributed by atoms with Crippen LogP contribution in [-0.2, 0) is 28.0 Å². The molecule has 48 heavy (non-hydrogen) atoms. The molecule has 1 aromatic heterocycles. The first-order valence-electron chi connectivity index (χ1n) is 15.6. The molecule has 4 aromatic carbocycles. The lowest BCUT2D eigenvalue weighted by Gasteiger charge is -2.31. The molecule has 1 unspecified atom stereocenters. The Morgan fingerprint density at radius 2 is 1.56 bits per heavy atom. The number of carbonyl (C=O) groups is 3. The zero-order chi connectivity index (χ0) is 34.4. The van der Waals surface area contributed by atoms with E-state index in [9.17, 15) is 14.4 Å². The number of amidine groups is 1. The molecule has 10 heteroatoms. The van der Waals surface area contributed by atoms with Crippen LogP contribution in [0.4, 0.5) is 0 Å². The van der Waals surface area contributed by atoms with Crippen LogP contribution in [-0.4, -0.2) is 46.0 Å². The average Bonchev–Trinajstić information content (AvgIpc) is 3.47. The quantitative estimate of drug-likeness (QED) is 0.0905. The van der Waals surface area contributed by atoms with Gasteiger partial charge in [-0.15, -0.1) is 0 Å². The van der Waals surface area contributed by atoms with Crippen LogP contribution < -0.4 is 21.5 Å². The summed E-state index contributed by atoms with van der Waals surface area (Å²) in [6, 6.07) is 28.3. The highest BCUT2D eigenvalue weighted by Gasteiger charge is 2.32. The summed E-state index contributed by atoms with van der Waals surface area (Å²) in [6.45, 7) is 6.12. The van der Waals surface area contributed by atoms with E-state index in [-0.39, 0.29) is 30.8 Å². The minimum absolute atomic E-state index is 0.00773. The molecule has 246 valence electrons. The van der Waals surface area contributed by atoms with Gasteiger partial charge in [0.05, 0.1) is 6.54 Å².